The van der Waals surface area contributed by atoms with Crippen molar-refractivity contribution in [1.82, 2.24) is 4.90 Å². The fraction of sp³-hybridized carbons (Fsp3) is 0.417. The molecular formula is C24H30N2O3. The van der Waals surface area contributed by atoms with Crippen LogP contribution in [0.3, 0.4) is 0 Å². The van der Waals surface area contributed by atoms with E-state index in [1.807, 2.05) is 62.4 Å². The maximum absolute atomic E-state index is 13.2. The van der Waals surface area contributed by atoms with Crippen LogP contribution in [0.15, 0.2) is 60.7 Å². The quantitative estimate of drug-likeness (QED) is 0.666. The molecule has 0 unspecified atom stereocenters. The lowest BCUT2D eigenvalue weighted by Crippen LogP contribution is -2.62. The molecule has 2 aromatic rings. The summed E-state index contributed by atoms with van der Waals surface area (Å²) in [6.45, 7) is 6.25. The van der Waals surface area contributed by atoms with Crippen LogP contribution in [0.1, 0.15) is 38.7 Å². The summed E-state index contributed by atoms with van der Waals surface area (Å²) in [5.41, 5.74) is 1.04. The monoisotopic (exact) mass is 394 g/mol. The first-order chi connectivity index (χ1) is 14.1. The summed E-state index contributed by atoms with van der Waals surface area (Å²) in [6, 6.07) is 19.8. The van der Waals surface area contributed by atoms with Gasteiger partial charge in [-0.25, -0.2) is 4.79 Å². The third-order valence-corrected chi connectivity index (χ3v) is 5.58. The number of nitrogens with zero attached hydrogens (tertiary/aromatic N) is 2. The third kappa shape index (κ3) is 4.67. The molecule has 29 heavy (non-hydrogen) atoms. The highest BCUT2D eigenvalue weighted by Gasteiger charge is 2.49. The smallest absolute Gasteiger partial charge is 0.332 e. The molecule has 2 aromatic carbocycles. The molecule has 5 heteroatoms. The van der Waals surface area contributed by atoms with Crippen molar-refractivity contribution in [1.29, 1.82) is 0 Å². The van der Waals surface area contributed by atoms with Crippen LogP contribution in [0.25, 0.3) is 0 Å². The molecule has 1 aliphatic rings. The summed E-state index contributed by atoms with van der Waals surface area (Å²) in [4.78, 5) is 30.2. The van der Waals surface area contributed by atoms with Crippen LogP contribution in [-0.2, 0) is 20.9 Å². The normalized spacial score (nSPS) is 16.2. The van der Waals surface area contributed by atoms with Crippen molar-refractivity contribution in [3.8, 4) is 0 Å². The van der Waals surface area contributed by atoms with Gasteiger partial charge in [-0.1, -0.05) is 55.5 Å². The molecule has 1 saturated heterocycles. The Morgan fingerprint density at radius 3 is 2.10 bits per heavy atom. The zero-order valence-corrected chi connectivity index (χ0v) is 17.3. The zero-order chi connectivity index (χ0) is 20.7. The summed E-state index contributed by atoms with van der Waals surface area (Å²) < 4.78 is 5.48. The van der Waals surface area contributed by atoms with E-state index in [0.29, 0.717) is 25.9 Å². The summed E-state index contributed by atoms with van der Waals surface area (Å²) >= 11 is 0. The Morgan fingerprint density at radius 1 is 0.966 bits per heavy atom. The first-order valence-electron chi connectivity index (χ1n) is 10.4. The van der Waals surface area contributed by atoms with Crippen molar-refractivity contribution >= 4 is 17.6 Å². The molecule has 1 amide bonds. The number of piperidine rings is 1. The van der Waals surface area contributed by atoms with Crippen LogP contribution in [0.5, 0.6) is 0 Å². The molecule has 0 N–H and O–H groups in total. The molecule has 1 aliphatic heterocycles. The number of likely N-dealkylation sites (tertiary alicyclic amines) is 1. The predicted octanol–water partition coefficient (Wildman–Crippen LogP) is 4.03. The number of esters is 1. The Kier molecular flexibility index (Phi) is 7.04. The number of benzene rings is 2. The van der Waals surface area contributed by atoms with Crippen molar-refractivity contribution in [2.24, 2.45) is 0 Å². The highest BCUT2D eigenvalue weighted by molar-refractivity contribution is 6.02. The number of para-hydroxylation sites is 1. The summed E-state index contributed by atoms with van der Waals surface area (Å²) in [6.07, 6.45) is 1.45. The van der Waals surface area contributed by atoms with Crippen molar-refractivity contribution in [2.75, 3.05) is 24.6 Å². The number of ether oxygens (including phenoxy) is 1. The number of rotatable bonds is 7. The fourth-order valence-corrected chi connectivity index (χ4v) is 4.07. The number of carbonyl (C=O) groups is 2. The molecule has 0 radical (unpaired) electrons. The SMILES string of the molecule is CCOC(=O)C1(N(C(=O)CC)c2ccccc2)CCN(Cc2ccccc2)CC1. The molecule has 3 rings (SSSR count). The molecule has 1 heterocycles. The van der Waals surface area contributed by atoms with E-state index in [0.717, 1.165) is 25.3 Å². The minimum Gasteiger partial charge on any atom is -0.464 e. The summed E-state index contributed by atoms with van der Waals surface area (Å²) in [7, 11) is 0. The third-order valence-electron chi connectivity index (χ3n) is 5.58. The van der Waals surface area contributed by atoms with E-state index in [1.165, 1.54) is 5.56 Å². The number of amides is 1. The number of anilines is 1. The zero-order valence-electron chi connectivity index (χ0n) is 17.3. The molecule has 154 valence electrons. The molecule has 0 aliphatic carbocycles. The average Bonchev–Trinajstić information content (AvgIpc) is 2.76. The molecule has 0 atom stereocenters. The first kappa shape index (κ1) is 21.1. The van der Waals surface area contributed by atoms with E-state index in [2.05, 4.69) is 17.0 Å². The summed E-state index contributed by atoms with van der Waals surface area (Å²) in [5.74, 6) is -0.356. The Morgan fingerprint density at radius 2 is 1.55 bits per heavy atom. The van der Waals surface area contributed by atoms with E-state index in [4.69, 9.17) is 4.74 Å². The van der Waals surface area contributed by atoms with Gasteiger partial charge in [0.1, 0.15) is 5.54 Å². The van der Waals surface area contributed by atoms with Gasteiger partial charge >= 0.3 is 5.97 Å². The lowest BCUT2D eigenvalue weighted by atomic mass is 9.84. The predicted molar refractivity (Wildman–Crippen MR) is 115 cm³/mol. The lowest BCUT2D eigenvalue weighted by Gasteiger charge is -2.46. The van der Waals surface area contributed by atoms with E-state index >= 15 is 0 Å². The highest BCUT2D eigenvalue weighted by atomic mass is 16.5. The van der Waals surface area contributed by atoms with E-state index in [1.54, 1.807) is 4.90 Å². The average molecular weight is 395 g/mol. The molecule has 0 spiro atoms. The standard InChI is InChI=1S/C24H30N2O3/c1-3-22(27)26(21-13-9-6-10-14-21)24(23(28)29-4-2)15-17-25(18-16-24)19-20-11-7-5-8-12-20/h5-14H,3-4,15-19H2,1-2H3. The first-order valence-corrected chi connectivity index (χ1v) is 10.4. The molecular weight excluding hydrogens is 364 g/mol. The van der Waals surface area contributed by atoms with Crippen molar-refractivity contribution in [3.63, 3.8) is 0 Å². The van der Waals surface area contributed by atoms with E-state index in [9.17, 15) is 9.59 Å². The second-order valence-corrected chi connectivity index (χ2v) is 7.43. The highest BCUT2D eigenvalue weighted by Crippen LogP contribution is 2.35. The second kappa shape index (κ2) is 9.70. The molecule has 5 nitrogen and oxygen atoms in total. The van der Waals surface area contributed by atoms with Gasteiger partial charge in [0.15, 0.2) is 0 Å². The van der Waals surface area contributed by atoms with E-state index in [-0.39, 0.29) is 11.9 Å². The van der Waals surface area contributed by atoms with Gasteiger partial charge in [-0.05, 0) is 37.5 Å². The Labute approximate surface area is 173 Å². The molecule has 0 bridgehead atoms. The molecule has 1 fully saturated rings. The Balaban J connectivity index is 1.88. The van der Waals surface area contributed by atoms with Gasteiger partial charge in [-0.2, -0.15) is 0 Å². The topological polar surface area (TPSA) is 49.9 Å². The van der Waals surface area contributed by atoms with Crippen LogP contribution in [0.2, 0.25) is 0 Å². The van der Waals surface area contributed by atoms with Gasteiger partial charge in [-0.15, -0.1) is 0 Å². The van der Waals surface area contributed by atoms with Crippen molar-refractivity contribution in [2.45, 2.75) is 45.2 Å². The number of hydrogen-bond acceptors (Lipinski definition) is 4. The van der Waals surface area contributed by atoms with Crippen LogP contribution < -0.4 is 4.90 Å². The fourth-order valence-electron chi connectivity index (χ4n) is 4.07. The largest absolute Gasteiger partial charge is 0.464 e. The van der Waals surface area contributed by atoms with Gasteiger partial charge in [0, 0.05) is 31.7 Å². The van der Waals surface area contributed by atoms with Gasteiger partial charge < -0.3 is 4.74 Å². The molecule has 0 saturated carbocycles. The second-order valence-electron chi connectivity index (χ2n) is 7.43. The Bertz CT molecular complexity index is 799. The number of carbonyl (C=O) groups excluding carboxylic acids is 2. The Hall–Kier alpha value is -2.66. The maximum Gasteiger partial charge on any atom is 0.332 e. The maximum atomic E-state index is 13.2. The van der Waals surface area contributed by atoms with Gasteiger partial charge in [0.2, 0.25) is 5.91 Å². The summed E-state index contributed by atoms with van der Waals surface area (Å²) in [5, 5.41) is 0. The van der Waals surface area contributed by atoms with Crippen LogP contribution in [-0.4, -0.2) is 42.0 Å². The van der Waals surface area contributed by atoms with Crippen LogP contribution in [0, 0.1) is 0 Å². The van der Waals surface area contributed by atoms with Crippen molar-refractivity contribution in [3.05, 3.63) is 66.2 Å². The number of hydrogen-bond donors (Lipinski definition) is 0. The molecule has 0 aromatic heterocycles. The van der Waals surface area contributed by atoms with Gasteiger partial charge in [-0.3, -0.25) is 14.6 Å². The van der Waals surface area contributed by atoms with E-state index < -0.39 is 5.54 Å². The van der Waals surface area contributed by atoms with Crippen molar-refractivity contribution < 1.29 is 14.3 Å². The van der Waals surface area contributed by atoms with Gasteiger partial charge in [0.25, 0.3) is 0 Å². The van der Waals surface area contributed by atoms with Crippen LogP contribution >= 0.6 is 0 Å². The minimum atomic E-state index is -0.961. The van der Waals surface area contributed by atoms with Gasteiger partial charge in [0.05, 0.1) is 6.61 Å². The minimum absolute atomic E-state index is 0.0548. The lowest BCUT2D eigenvalue weighted by molar-refractivity contribution is -0.153. The van der Waals surface area contributed by atoms with Crippen LogP contribution in [0.4, 0.5) is 5.69 Å².